The highest BCUT2D eigenvalue weighted by atomic mass is 35.5. The molecule has 0 aliphatic rings. The minimum atomic E-state index is -0.916. The van der Waals surface area contributed by atoms with E-state index in [-0.39, 0.29) is 13.1 Å². The first-order chi connectivity index (χ1) is 8.49. The van der Waals surface area contributed by atoms with E-state index in [1.165, 1.54) is 0 Å². The molecule has 0 amide bonds. The Balaban J connectivity index is 2.92. The normalized spacial score (nSPS) is 10.6. The highest BCUT2D eigenvalue weighted by Crippen LogP contribution is 2.21. The number of halogens is 1. The van der Waals surface area contributed by atoms with Crippen LogP contribution in [0.4, 0.5) is 0 Å². The Kier molecular flexibility index (Phi) is 5.20. The SMILES string of the molecule is C#CCN(CC(=O)O)Cc1c(Cl)c(C)nn1CC. The maximum Gasteiger partial charge on any atom is 0.317 e. The molecule has 0 spiro atoms. The van der Waals surface area contributed by atoms with Gasteiger partial charge in [-0.2, -0.15) is 5.10 Å². The van der Waals surface area contributed by atoms with E-state index in [1.807, 2.05) is 13.8 Å². The summed E-state index contributed by atoms with van der Waals surface area (Å²) in [4.78, 5) is 12.4. The van der Waals surface area contributed by atoms with E-state index in [2.05, 4.69) is 11.0 Å². The molecule has 0 saturated heterocycles. The van der Waals surface area contributed by atoms with Crippen LogP contribution in [-0.4, -0.2) is 38.8 Å². The van der Waals surface area contributed by atoms with E-state index in [0.717, 1.165) is 11.4 Å². The summed E-state index contributed by atoms with van der Waals surface area (Å²) in [7, 11) is 0. The molecule has 18 heavy (non-hydrogen) atoms. The Bertz CT molecular complexity index is 476. The van der Waals surface area contributed by atoms with Crippen LogP contribution in [0.1, 0.15) is 18.3 Å². The second kappa shape index (κ2) is 6.43. The number of carboxylic acids is 1. The molecule has 5 nitrogen and oxygen atoms in total. The van der Waals surface area contributed by atoms with Crippen molar-refractivity contribution in [2.24, 2.45) is 0 Å². The Morgan fingerprint density at radius 2 is 2.33 bits per heavy atom. The van der Waals surface area contributed by atoms with Gasteiger partial charge in [0, 0.05) is 13.1 Å². The first kappa shape index (κ1) is 14.6. The van der Waals surface area contributed by atoms with Crippen molar-refractivity contribution >= 4 is 17.6 Å². The predicted molar refractivity (Wildman–Crippen MR) is 69.4 cm³/mol. The standard InChI is InChI=1S/C12H16ClN3O2/c1-4-6-15(8-11(17)18)7-10-12(13)9(3)14-16(10)5-2/h1H,5-8H2,2-3H3,(H,17,18). The lowest BCUT2D eigenvalue weighted by molar-refractivity contribution is -0.138. The number of aromatic nitrogens is 2. The van der Waals surface area contributed by atoms with Crippen LogP contribution in [0.3, 0.4) is 0 Å². The molecule has 1 aromatic rings. The summed E-state index contributed by atoms with van der Waals surface area (Å²) in [6.07, 6.45) is 5.23. The maximum atomic E-state index is 10.8. The molecule has 0 aliphatic carbocycles. The molecule has 0 radical (unpaired) electrons. The van der Waals surface area contributed by atoms with Gasteiger partial charge < -0.3 is 5.11 Å². The van der Waals surface area contributed by atoms with E-state index in [4.69, 9.17) is 23.1 Å². The van der Waals surface area contributed by atoms with E-state index < -0.39 is 5.97 Å². The average Bonchev–Trinajstić information content (AvgIpc) is 2.56. The summed E-state index contributed by atoms with van der Waals surface area (Å²) >= 11 is 6.16. The van der Waals surface area contributed by atoms with Crippen LogP contribution >= 0.6 is 11.6 Å². The zero-order valence-electron chi connectivity index (χ0n) is 10.5. The topological polar surface area (TPSA) is 58.4 Å². The molecule has 0 aromatic carbocycles. The van der Waals surface area contributed by atoms with E-state index in [1.54, 1.807) is 9.58 Å². The number of aryl methyl sites for hydroxylation is 2. The molecule has 0 bridgehead atoms. The van der Waals surface area contributed by atoms with Gasteiger partial charge in [0.1, 0.15) is 0 Å². The lowest BCUT2D eigenvalue weighted by atomic mass is 10.3. The third kappa shape index (κ3) is 3.49. The van der Waals surface area contributed by atoms with E-state index in [0.29, 0.717) is 18.1 Å². The van der Waals surface area contributed by atoms with Gasteiger partial charge in [-0.05, 0) is 13.8 Å². The molecule has 1 aromatic heterocycles. The number of carbonyl (C=O) groups is 1. The van der Waals surface area contributed by atoms with Crippen molar-refractivity contribution in [2.45, 2.75) is 26.9 Å². The molecule has 0 saturated carbocycles. The fourth-order valence-corrected chi connectivity index (χ4v) is 1.92. The molecule has 1 rings (SSSR count). The molecule has 0 aliphatic heterocycles. The quantitative estimate of drug-likeness (QED) is 0.793. The number of nitrogens with zero attached hydrogens (tertiary/aromatic N) is 3. The summed E-state index contributed by atoms with van der Waals surface area (Å²) in [6.45, 7) is 4.98. The number of carboxylic acid groups (broad SMARTS) is 1. The van der Waals surface area contributed by atoms with Crippen LogP contribution in [0.25, 0.3) is 0 Å². The molecule has 1 N–H and O–H groups in total. The summed E-state index contributed by atoms with van der Waals surface area (Å²) in [5, 5.41) is 13.7. The molecule has 98 valence electrons. The highest BCUT2D eigenvalue weighted by molar-refractivity contribution is 6.31. The van der Waals surface area contributed by atoms with Gasteiger partial charge in [0.15, 0.2) is 0 Å². The fourth-order valence-electron chi connectivity index (χ4n) is 1.72. The average molecular weight is 270 g/mol. The summed E-state index contributed by atoms with van der Waals surface area (Å²) in [5.74, 6) is 1.53. The molecule has 0 atom stereocenters. The van der Waals surface area contributed by atoms with Crippen molar-refractivity contribution in [3.05, 3.63) is 16.4 Å². The zero-order valence-corrected chi connectivity index (χ0v) is 11.2. The summed E-state index contributed by atoms with van der Waals surface area (Å²) in [5.41, 5.74) is 1.54. The van der Waals surface area contributed by atoms with Crippen LogP contribution in [0.2, 0.25) is 5.02 Å². The summed E-state index contributed by atoms with van der Waals surface area (Å²) < 4.78 is 1.77. The van der Waals surface area contributed by atoms with Crippen LogP contribution in [0, 0.1) is 19.3 Å². The van der Waals surface area contributed by atoms with Gasteiger partial charge in [-0.15, -0.1) is 6.42 Å². The van der Waals surface area contributed by atoms with Gasteiger partial charge in [0.25, 0.3) is 0 Å². The Morgan fingerprint density at radius 1 is 1.67 bits per heavy atom. The first-order valence-electron chi connectivity index (χ1n) is 5.59. The second-order valence-electron chi connectivity index (χ2n) is 3.90. The minimum absolute atomic E-state index is 0.117. The molecule has 6 heteroatoms. The lowest BCUT2D eigenvalue weighted by Crippen LogP contribution is -2.30. The van der Waals surface area contributed by atoms with Gasteiger partial charge in [-0.25, -0.2) is 0 Å². The number of terminal acetylenes is 1. The third-order valence-electron chi connectivity index (χ3n) is 2.50. The van der Waals surface area contributed by atoms with E-state index >= 15 is 0 Å². The van der Waals surface area contributed by atoms with Gasteiger partial charge in [-0.3, -0.25) is 14.4 Å². The molecular formula is C12H16ClN3O2. The Hall–Kier alpha value is -1.51. The highest BCUT2D eigenvalue weighted by Gasteiger charge is 2.17. The van der Waals surface area contributed by atoms with E-state index in [9.17, 15) is 4.79 Å². The number of aliphatic carboxylic acids is 1. The van der Waals surface area contributed by atoms with Crippen molar-refractivity contribution in [2.75, 3.05) is 13.1 Å². The van der Waals surface area contributed by atoms with Crippen LogP contribution in [-0.2, 0) is 17.9 Å². The largest absolute Gasteiger partial charge is 0.480 e. The lowest BCUT2D eigenvalue weighted by Gasteiger charge is -2.18. The van der Waals surface area contributed by atoms with Crippen molar-refractivity contribution in [1.82, 2.24) is 14.7 Å². The Labute approximate surface area is 111 Å². The minimum Gasteiger partial charge on any atom is -0.480 e. The van der Waals surface area contributed by atoms with Gasteiger partial charge in [0.2, 0.25) is 0 Å². The van der Waals surface area contributed by atoms with Crippen LogP contribution < -0.4 is 0 Å². The van der Waals surface area contributed by atoms with Crippen LogP contribution in [0.15, 0.2) is 0 Å². The van der Waals surface area contributed by atoms with Gasteiger partial charge in [0.05, 0.1) is 29.5 Å². The zero-order chi connectivity index (χ0) is 13.7. The second-order valence-corrected chi connectivity index (χ2v) is 4.28. The molecule has 0 unspecified atom stereocenters. The smallest absolute Gasteiger partial charge is 0.317 e. The van der Waals surface area contributed by atoms with Crippen molar-refractivity contribution in [3.63, 3.8) is 0 Å². The van der Waals surface area contributed by atoms with Crippen molar-refractivity contribution in [1.29, 1.82) is 0 Å². The maximum absolute atomic E-state index is 10.8. The van der Waals surface area contributed by atoms with Gasteiger partial charge in [-0.1, -0.05) is 17.5 Å². The number of hydrogen-bond acceptors (Lipinski definition) is 3. The fraction of sp³-hybridized carbons (Fsp3) is 0.500. The first-order valence-corrected chi connectivity index (χ1v) is 5.96. The van der Waals surface area contributed by atoms with Crippen LogP contribution in [0.5, 0.6) is 0 Å². The molecule has 1 heterocycles. The van der Waals surface area contributed by atoms with Crippen molar-refractivity contribution in [3.8, 4) is 12.3 Å². The monoisotopic (exact) mass is 269 g/mol. The number of rotatable bonds is 6. The predicted octanol–water partition coefficient (Wildman–Crippen LogP) is 1.38. The van der Waals surface area contributed by atoms with Crippen molar-refractivity contribution < 1.29 is 9.90 Å². The van der Waals surface area contributed by atoms with Gasteiger partial charge >= 0.3 is 5.97 Å². The molecular weight excluding hydrogens is 254 g/mol. The third-order valence-corrected chi connectivity index (χ3v) is 2.99. The summed E-state index contributed by atoms with van der Waals surface area (Å²) in [6, 6.07) is 0. The molecule has 0 fully saturated rings. The number of hydrogen-bond donors (Lipinski definition) is 1. The Morgan fingerprint density at radius 3 is 2.83 bits per heavy atom.